The molecule has 31 heavy (non-hydrogen) atoms. The summed E-state index contributed by atoms with van der Waals surface area (Å²) >= 11 is 6.27. The Balaban J connectivity index is 2.03. The quantitative estimate of drug-likeness (QED) is 0.548. The van der Waals surface area contributed by atoms with E-state index in [1.807, 2.05) is 38.2 Å². The summed E-state index contributed by atoms with van der Waals surface area (Å²) in [5, 5.41) is 11.3. The lowest BCUT2D eigenvalue weighted by atomic mass is 10.0. The number of hydrogen-bond donors (Lipinski definition) is 2. The van der Waals surface area contributed by atoms with Gasteiger partial charge in [0.25, 0.3) is 0 Å². The Hall–Kier alpha value is -2.15. The molecule has 2 atom stereocenters. The summed E-state index contributed by atoms with van der Waals surface area (Å²) in [6.45, 7) is 7.52. The Kier molecular flexibility index (Phi) is 9.29. The largest absolute Gasteiger partial charge is 0.493 e. The van der Waals surface area contributed by atoms with E-state index in [2.05, 4.69) is 13.8 Å². The molecule has 172 valence electrons. The molecule has 0 saturated carbocycles. The minimum absolute atomic E-state index is 0.210. The molecule has 0 saturated heterocycles. The van der Waals surface area contributed by atoms with Crippen LogP contribution in [0.2, 0.25) is 5.02 Å². The number of methoxy groups -OCH3 is 3. The smallest absolute Gasteiger partial charge is 0.203 e. The van der Waals surface area contributed by atoms with Crippen LogP contribution in [0.15, 0.2) is 24.3 Å². The van der Waals surface area contributed by atoms with E-state index in [4.69, 9.17) is 30.5 Å². The lowest BCUT2D eigenvalue weighted by molar-refractivity contribution is -0.897. The van der Waals surface area contributed by atoms with E-state index < -0.39 is 6.10 Å². The van der Waals surface area contributed by atoms with Crippen LogP contribution in [0, 0.1) is 6.92 Å². The van der Waals surface area contributed by atoms with Crippen LogP contribution in [-0.2, 0) is 6.54 Å². The number of ether oxygens (including phenoxy) is 4. The molecule has 0 spiro atoms. The zero-order valence-electron chi connectivity index (χ0n) is 19.5. The topological polar surface area (TPSA) is 61.6 Å². The molecule has 6 nitrogen and oxygen atoms in total. The maximum absolute atomic E-state index is 10.6. The highest BCUT2D eigenvalue weighted by molar-refractivity contribution is 6.31. The Labute approximate surface area is 190 Å². The number of aliphatic hydroxyl groups is 1. The molecule has 2 N–H and O–H groups in total. The van der Waals surface area contributed by atoms with Crippen molar-refractivity contribution in [2.75, 3.05) is 41.5 Å². The molecule has 0 amide bonds. The third kappa shape index (κ3) is 6.42. The molecule has 7 heteroatoms. The second kappa shape index (κ2) is 11.5. The number of likely N-dealkylation sites (N-methyl/N-ethyl adjacent to an activating group) is 1. The van der Waals surface area contributed by atoms with Gasteiger partial charge >= 0.3 is 0 Å². The first-order valence-corrected chi connectivity index (χ1v) is 10.8. The van der Waals surface area contributed by atoms with E-state index in [0.29, 0.717) is 30.3 Å². The summed E-state index contributed by atoms with van der Waals surface area (Å²) in [7, 11) is 6.81. The fraction of sp³-hybridized carbons (Fsp3) is 0.500. The van der Waals surface area contributed by atoms with Gasteiger partial charge < -0.3 is 29.0 Å². The van der Waals surface area contributed by atoms with Crippen molar-refractivity contribution < 1.29 is 29.0 Å². The fourth-order valence-electron chi connectivity index (χ4n) is 3.59. The van der Waals surface area contributed by atoms with Crippen LogP contribution in [0.1, 0.15) is 36.5 Å². The SMILES string of the molecule is COc1ccc(C[NH+](C)C[C@H](O)COc2cc(C)c(Cl)cc2C(C)C)c(OC)c1OC. The minimum atomic E-state index is -0.623. The molecule has 0 fully saturated rings. The van der Waals surface area contributed by atoms with Crippen molar-refractivity contribution in [2.45, 2.75) is 39.3 Å². The first-order valence-electron chi connectivity index (χ1n) is 10.4. The molecule has 0 radical (unpaired) electrons. The highest BCUT2D eigenvalue weighted by Gasteiger charge is 2.20. The lowest BCUT2D eigenvalue weighted by Gasteiger charge is -2.22. The number of benzene rings is 2. The standard InChI is InChI=1S/C24H34ClNO5/c1-15(2)19-11-20(25)16(3)10-22(19)31-14-18(27)13-26(4)12-17-8-9-21(28-5)24(30-7)23(17)29-6/h8-11,15,18,27H,12-14H2,1-7H3/p+1/t18-/m0/s1. The van der Waals surface area contributed by atoms with Gasteiger partial charge in [0.2, 0.25) is 5.75 Å². The molecule has 0 heterocycles. The zero-order chi connectivity index (χ0) is 23.1. The average molecular weight is 453 g/mol. The Morgan fingerprint density at radius 1 is 1.00 bits per heavy atom. The highest BCUT2D eigenvalue weighted by Crippen LogP contribution is 2.39. The number of nitrogens with one attached hydrogen (secondary N) is 1. The number of hydrogen-bond acceptors (Lipinski definition) is 5. The average Bonchev–Trinajstić information content (AvgIpc) is 2.73. The number of rotatable bonds is 11. The molecule has 0 bridgehead atoms. The predicted octanol–water partition coefficient (Wildman–Crippen LogP) is 3.25. The number of aliphatic hydroxyl groups excluding tert-OH is 1. The molecule has 0 aliphatic carbocycles. The van der Waals surface area contributed by atoms with Gasteiger partial charge in [-0.15, -0.1) is 0 Å². The summed E-state index contributed by atoms with van der Waals surface area (Å²) in [6, 6.07) is 7.71. The number of halogens is 1. The van der Waals surface area contributed by atoms with Crippen molar-refractivity contribution in [1.82, 2.24) is 0 Å². The Morgan fingerprint density at radius 3 is 2.26 bits per heavy atom. The Bertz CT molecular complexity index is 872. The van der Waals surface area contributed by atoms with Gasteiger partial charge in [0.15, 0.2) is 11.5 Å². The second-order valence-electron chi connectivity index (χ2n) is 8.09. The maximum atomic E-state index is 10.6. The van der Waals surface area contributed by atoms with E-state index in [0.717, 1.165) is 32.4 Å². The lowest BCUT2D eigenvalue weighted by Crippen LogP contribution is -3.09. The van der Waals surface area contributed by atoms with Crippen LogP contribution in [0.25, 0.3) is 0 Å². The monoisotopic (exact) mass is 452 g/mol. The van der Waals surface area contributed by atoms with Crippen molar-refractivity contribution in [1.29, 1.82) is 0 Å². The van der Waals surface area contributed by atoms with Crippen LogP contribution in [0.4, 0.5) is 0 Å². The van der Waals surface area contributed by atoms with Gasteiger partial charge in [0.05, 0.1) is 33.9 Å². The number of quaternary nitrogens is 1. The van der Waals surface area contributed by atoms with E-state index in [9.17, 15) is 5.11 Å². The third-order valence-electron chi connectivity index (χ3n) is 5.21. The normalized spacial score (nSPS) is 13.1. The molecular weight excluding hydrogens is 418 g/mol. The third-order valence-corrected chi connectivity index (χ3v) is 5.61. The van der Waals surface area contributed by atoms with E-state index in [1.165, 1.54) is 0 Å². The van der Waals surface area contributed by atoms with E-state index >= 15 is 0 Å². The highest BCUT2D eigenvalue weighted by atomic mass is 35.5. The van der Waals surface area contributed by atoms with Gasteiger partial charge in [-0.05, 0) is 48.2 Å². The molecule has 0 aliphatic rings. The van der Waals surface area contributed by atoms with Crippen LogP contribution in [-0.4, -0.2) is 52.7 Å². The minimum Gasteiger partial charge on any atom is -0.493 e. The maximum Gasteiger partial charge on any atom is 0.203 e. The van der Waals surface area contributed by atoms with Crippen LogP contribution < -0.4 is 23.8 Å². The van der Waals surface area contributed by atoms with Crippen molar-refractivity contribution in [3.05, 3.63) is 46.0 Å². The van der Waals surface area contributed by atoms with Gasteiger partial charge in [-0.25, -0.2) is 0 Å². The number of aryl methyl sites for hydroxylation is 1. The van der Waals surface area contributed by atoms with Crippen molar-refractivity contribution >= 4 is 11.6 Å². The van der Waals surface area contributed by atoms with Crippen molar-refractivity contribution in [3.8, 4) is 23.0 Å². The summed E-state index contributed by atoms with van der Waals surface area (Å²) in [6.07, 6.45) is -0.623. The van der Waals surface area contributed by atoms with E-state index in [-0.39, 0.29) is 12.5 Å². The fourth-order valence-corrected chi connectivity index (χ4v) is 3.77. The first-order chi connectivity index (χ1) is 14.7. The second-order valence-corrected chi connectivity index (χ2v) is 8.50. The summed E-state index contributed by atoms with van der Waals surface area (Å²) in [5.74, 6) is 2.88. The molecule has 1 unspecified atom stereocenters. The summed E-state index contributed by atoms with van der Waals surface area (Å²) in [5.41, 5.74) is 2.97. The van der Waals surface area contributed by atoms with Gasteiger partial charge in [-0.1, -0.05) is 25.4 Å². The van der Waals surface area contributed by atoms with Crippen LogP contribution >= 0.6 is 11.6 Å². The molecular formula is C24H35ClNO5+. The van der Waals surface area contributed by atoms with Crippen LogP contribution in [0.5, 0.6) is 23.0 Å². The van der Waals surface area contributed by atoms with Crippen LogP contribution in [0.3, 0.4) is 0 Å². The van der Waals surface area contributed by atoms with Gasteiger partial charge in [0.1, 0.15) is 31.5 Å². The van der Waals surface area contributed by atoms with E-state index in [1.54, 1.807) is 21.3 Å². The van der Waals surface area contributed by atoms with Gasteiger partial charge in [0, 0.05) is 5.02 Å². The summed E-state index contributed by atoms with van der Waals surface area (Å²) in [4.78, 5) is 1.11. The summed E-state index contributed by atoms with van der Waals surface area (Å²) < 4.78 is 22.3. The molecule has 2 aromatic rings. The first kappa shape index (κ1) is 25.1. The zero-order valence-corrected chi connectivity index (χ0v) is 20.3. The predicted molar refractivity (Wildman–Crippen MR) is 123 cm³/mol. The van der Waals surface area contributed by atoms with Crippen molar-refractivity contribution in [3.63, 3.8) is 0 Å². The van der Waals surface area contributed by atoms with Gasteiger partial charge in [-0.3, -0.25) is 0 Å². The van der Waals surface area contributed by atoms with Gasteiger partial charge in [-0.2, -0.15) is 0 Å². The Morgan fingerprint density at radius 2 is 1.68 bits per heavy atom. The molecule has 2 aromatic carbocycles. The molecule has 0 aromatic heterocycles. The molecule has 0 aliphatic heterocycles. The van der Waals surface area contributed by atoms with Crippen molar-refractivity contribution in [2.24, 2.45) is 0 Å². The molecule has 2 rings (SSSR count).